The van der Waals surface area contributed by atoms with Crippen LogP contribution in [0.4, 0.5) is 0 Å². The van der Waals surface area contributed by atoms with Gasteiger partial charge in [0.25, 0.3) is 0 Å². The molecule has 0 unspecified atom stereocenters. The molecule has 0 saturated carbocycles. The van der Waals surface area contributed by atoms with Gasteiger partial charge in [-0.15, -0.1) is 0 Å². The zero-order valence-electron chi connectivity index (χ0n) is 14.3. The van der Waals surface area contributed by atoms with Gasteiger partial charge in [0.05, 0.1) is 23.3 Å². The minimum Gasteiger partial charge on any atom is -0.465 e. The van der Waals surface area contributed by atoms with E-state index in [1.54, 1.807) is 0 Å². The number of nitrogens with zero attached hydrogens (tertiary/aromatic N) is 3. The summed E-state index contributed by atoms with van der Waals surface area (Å²) in [6.45, 7) is 4.38. The van der Waals surface area contributed by atoms with E-state index in [9.17, 15) is 4.79 Å². The Hall–Kier alpha value is -3.08. The Balaban J connectivity index is 1.97. The Morgan fingerprint density at radius 1 is 1.16 bits per heavy atom. The Bertz CT molecular complexity index is 1060. The number of aryl methyl sites for hydroxylation is 1. The third-order valence-electron chi connectivity index (χ3n) is 4.24. The number of ether oxygens (including phenoxy) is 1. The molecule has 0 fully saturated rings. The largest absolute Gasteiger partial charge is 0.465 e. The molecular weight excluding hydrogens is 314 g/mol. The molecule has 0 N–H and O–H groups in total. The second kappa shape index (κ2) is 6.09. The lowest BCUT2D eigenvalue weighted by Crippen LogP contribution is -2.12. The van der Waals surface area contributed by atoms with Crippen LogP contribution in [0.1, 0.15) is 12.5 Å². The summed E-state index contributed by atoms with van der Waals surface area (Å²) in [6.07, 6.45) is 1.97. The second-order valence-electron chi connectivity index (χ2n) is 6.05. The van der Waals surface area contributed by atoms with Gasteiger partial charge < -0.3 is 9.30 Å². The lowest BCUT2D eigenvalue weighted by atomic mass is 10.1. The molecule has 126 valence electrons. The molecule has 2 heterocycles. The molecule has 0 bridgehead atoms. The van der Waals surface area contributed by atoms with Crippen LogP contribution in [0.2, 0.25) is 0 Å². The highest BCUT2D eigenvalue weighted by atomic mass is 16.5. The second-order valence-corrected chi connectivity index (χ2v) is 6.05. The third kappa shape index (κ3) is 2.67. The maximum atomic E-state index is 12.0. The summed E-state index contributed by atoms with van der Waals surface area (Å²) in [5.41, 5.74) is 5.19. The van der Waals surface area contributed by atoms with E-state index in [0.717, 1.165) is 33.6 Å². The molecule has 2 aromatic carbocycles. The molecule has 0 atom stereocenters. The first kappa shape index (κ1) is 15.4. The third-order valence-corrected chi connectivity index (χ3v) is 4.24. The Morgan fingerprint density at radius 2 is 1.96 bits per heavy atom. The predicted octanol–water partition coefficient (Wildman–Crippen LogP) is 3.83. The smallest absolute Gasteiger partial charge is 0.326 e. The number of aromatic nitrogens is 3. The highest BCUT2D eigenvalue weighted by Gasteiger charge is 2.17. The average Bonchev–Trinajstić information content (AvgIpc) is 3.13. The molecule has 0 radical (unpaired) electrons. The molecule has 4 aromatic rings. The molecule has 0 aliphatic heterocycles. The number of fused-ring (bicyclic) bond motifs is 3. The van der Waals surface area contributed by atoms with Crippen molar-refractivity contribution in [2.24, 2.45) is 0 Å². The quantitative estimate of drug-likeness (QED) is 0.533. The molecule has 0 aliphatic carbocycles. The fourth-order valence-corrected chi connectivity index (χ4v) is 3.15. The number of hydrogen-bond acceptors (Lipinski definition) is 3. The molecule has 0 spiro atoms. The highest BCUT2D eigenvalue weighted by Crippen LogP contribution is 2.28. The number of esters is 1. The fourth-order valence-electron chi connectivity index (χ4n) is 3.15. The first-order valence-electron chi connectivity index (χ1n) is 8.36. The van der Waals surface area contributed by atoms with Crippen LogP contribution >= 0.6 is 0 Å². The van der Waals surface area contributed by atoms with Gasteiger partial charge >= 0.3 is 5.97 Å². The zero-order chi connectivity index (χ0) is 17.4. The van der Waals surface area contributed by atoms with Gasteiger partial charge in [-0.25, -0.2) is 4.98 Å². The van der Waals surface area contributed by atoms with Gasteiger partial charge in [0, 0.05) is 11.8 Å². The highest BCUT2D eigenvalue weighted by molar-refractivity contribution is 5.84. The van der Waals surface area contributed by atoms with Crippen LogP contribution in [0.25, 0.3) is 28.1 Å². The van der Waals surface area contributed by atoms with E-state index >= 15 is 0 Å². The summed E-state index contributed by atoms with van der Waals surface area (Å²) >= 11 is 0. The molecule has 0 amide bonds. The van der Waals surface area contributed by atoms with Crippen molar-refractivity contribution in [2.45, 2.75) is 20.4 Å². The van der Waals surface area contributed by atoms with Crippen molar-refractivity contribution in [1.29, 1.82) is 0 Å². The van der Waals surface area contributed by atoms with E-state index in [1.807, 2.05) is 42.8 Å². The van der Waals surface area contributed by atoms with Crippen molar-refractivity contribution < 1.29 is 9.53 Å². The summed E-state index contributed by atoms with van der Waals surface area (Å²) < 4.78 is 9.06. The molecule has 2 aromatic heterocycles. The van der Waals surface area contributed by atoms with Crippen LogP contribution < -0.4 is 0 Å². The number of carbonyl (C=O) groups excluding carboxylic acids is 1. The molecular formula is C20H19N3O2. The van der Waals surface area contributed by atoms with Crippen LogP contribution in [0.15, 0.2) is 54.7 Å². The summed E-state index contributed by atoms with van der Waals surface area (Å²) in [4.78, 5) is 16.7. The standard InChI is InChI=1S/C20H19N3O2/c1-3-25-19(24)13-22-12-18(15-7-5-4-6-8-15)23-17-10-9-14(2)11-16(17)21-20(22)23/h4-12H,3,13H2,1-2H3. The van der Waals surface area contributed by atoms with Crippen LogP contribution in [0, 0.1) is 6.92 Å². The van der Waals surface area contributed by atoms with Gasteiger partial charge in [-0.3, -0.25) is 9.20 Å². The van der Waals surface area contributed by atoms with Gasteiger partial charge in [0.15, 0.2) is 0 Å². The van der Waals surface area contributed by atoms with Gasteiger partial charge in [0.1, 0.15) is 6.54 Å². The molecule has 5 nitrogen and oxygen atoms in total. The van der Waals surface area contributed by atoms with Gasteiger partial charge in [-0.2, -0.15) is 0 Å². The van der Waals surface area contributed by atoms with Crippen LogP contribution in [-0.2, 0) is 16.1 Å². The Labute approximate surface area is 145 Å². The molecule has 4 rings (SSSR count). The number of hydrogen-bond donors (Lipinski definition) is 0. The van der Waals surface area contributed by atoms with Crippen LogP contribution in [0.5, 0.6) is 0 Å². The van der Waals surface area contributed by atoms with E-state index in [0.29, 0.717) is 6.61 Å². The van der Waals surface area contributed by atoms with Gasteiger partial charge in [0.2, 0.25) is 5.78 Å². The van der Waals surface area contributed by atoms with Crippen LogP contribution in [0.3, 0.4) is 0 Å². The van der Waals surface area contributed by atoms with E-state index in [1.165, 1.54) is 0 Å². The van der Waals surface area contributed by atoms with Crippen molar-refractivity contribution in [3.8, 4) is 11.3 Å². The molecule has 5 heteroatoms. The normalized spacial score (nSPS) is 11.3. The summed E-state index contributed by atoms with van der Waals surface area (Å²) in [7, 11) is 0. The molecule has 25 heavy (non-hydrogen) atoms. The average molecular weight is 333 g/mol. The summed E-state index contributed by atoms with van der Waals surface area (Å²) in [5.74, 6) is 0.482. The molecule has 0 aliphatic rings. The predicted molar refractivity (Wildman–Crippen MR) is 97.5 cm³/mol. The first-order valence-corrected chi connectivity index (χ1v) is 8.36. The number of rotatable bonds is 4. The monoisotopic (exact) mass is 333 g/mol. The van der Waals surface area contributed by atoms with E-state index in [2.05, 4.69) is 34.7 Å². The Kier molecular flexibility index (Phi) is 3.76. The van der Waals surface area contributed by atoms with Crippen molar-refractivity contribution in [3.05, 3.63) is 60.3 Å². The topological polar surface area (TPSA) is 48.5 Å². The SMILES string of the molecule is CCOC(=O)Cn1cc(-c2ccccc2)n2c3ccc(C)cc3nc12. The maximum absolute atomic E-state index is 12.0. The zero-order valence-corrected chi connectivity index (χ0v) is 14.3. The van der Waals surface area contributed by atoms with Crippen molar-refractivity contribution in [1.82, 2.24) is 14.0 Å². The number of imidazole rings is 2. The summed E-state index contributed by atoms with van der Waals surface area (Å²) in [5, 5.41) is 0. The number of carbonyl (C=O) groups is 1. The lowest BCUT2D eigenvalue weighted by Gasteiger charge is -2.02. The van der Waals surface area contributed by atoms with Crippen molar-refractivity contribution >= 4 is 22.8 Å². The summed E-state index contributed by atoms with van der Waals surface area (Å²) in [6, 6.07) is 16.3. The first-order chi connectivity index (χ1) is 12.2. The minimum atomic E-state index is -0.261. The lowest BCUT2D eigenvalue weighted by molar-refractivity contribution is -0.143. The Morgan fingerprint density at radius 3 is 2.72 bits per heavy atom. The fraction of sp³-hybridized carbons (Fsp3) is 0.200. The van der Waals surface area contributed by atoms with E-state index in [4.69, 9.17) is 9.72 Å². The minimum absolute atomic E-state index is 0.145. The van der Waals surface area contributed by atoms with Crippen molar-refractivity contribution in [3.63, 3.8) is 0 Å². The van der Waals surface area contributed by atoms with Crippen molar-refractivity contribution in [2.75, 3.05) is 6.61 Å². The number of benzene rings is 2. The maximum Gasteiger partial charge on any atom is 0.326 e. The van der Waals surface area contributed by atoms with E-state index < -0.39 is 0 Å². The van der Waals surface area contributed by atoms with Gasteiger partial charge in [-0.05, 0) is 31.5 Å². The van der Waals surface area contributed by atoms with Gasteiger partial charge in [-0.1, -0.05) is 36.4 Å². The molecule has 0 saturated heterocycles. The van der Waals surface area contributed by atoms with Crippen LogP contribution in [-0.4, -0.2) is 26.5 Å². The van der Waals surface area contributed by atoms with E-state index in [-0.39, 0.29) is 12.5 Å².